The lowest BCUT2D eigenvalue weighted by molar-refractivity contribution is -0.139. The van der Waals surface area contributed by atoms with Crippen LogP contribution in [0.4, 0.5) is 0 Å². The molecule has 2 aromatic rings. The van der Waals surface area contributed by atoms with Crippen LogP contribution in [-0.2, 0) is 22.4 Å². The van der Waals surface area contributed by atoms with Gasteiger partial charge in [0.15, 0.2) is 6.19 Å². The minimum Gasteiger partial charge on any atom is -0.480 e. The number of nitrogens with one attached hydrogen (secondary N) is 2. The zero-order chi connectivity index (χ0) is 25.1. The van der Waals surface area contributed by atoms with Crippen molar-refractivity contribution in [3.63, 3.8) is 0 Å². The molecule has 0 radical (unpaired) electrons. The summed E-state index contributed by atoms with van der Waals surface area (Å²) in [6, 6.07) is 10.3. The van der Waals surface area contributed by atoms with E-state index < -0.39 is 17.9 Å². The molecule has 0 aromatic heterocycles. The van der Waals surface area contributed by atoms with Gasteiger partial charge in [0.2, 0.25) is 5.96 Å². The number of amides is 1. The van der Waals surface area contributed by atoms with Crippen LogP contribution in [0, 0.1) is 11.5 Å². The van der Waals surface area contributed by atoms with E-state index in [0.29, 0.717) is 24.9 Å². The molecule has 0 spiro atoms. The van der Waals surface area contributed by atoms with Gasteiger partial charge in [-0.25, -0.2) is 4.79 Å². The standard InChI is InChI=1S/C23H23Cl2N5O4/c24-17-4-1-5-18(25)20(17)21(32)30-19(22(33)34)12-15-8-6-14(7-9-15)11-16(31)3-2-10-28-23(27)29-13-26/h1,4-9,19H,2-3,10-12H2,(H,30,32)(H,33,34)(H3,27,28,29)/t19-/m0/s1. The number of carboxylic acid groups (broad SMARTS) is 1. The number of benzene rings is 2. The molecule has 0 aliphatic rings. The lowest BCUT2D eigenvalue weighted by atomic mass is 10.0. The van der Waals surface area contributed by atoms with Crippen molar-refractivity contribution in [1.29, 1.82) is 5.26 Å². The number of hydrogen-bond donors (Lipinski definition) is 4. The maximum Gasteiger partial charge on any atom is 0.326 e. The van der Waals surface area contributed by atoms with Crippen molar-refractivity contribution in [3.05, 3.63) is 69.2 Å². The third-order valence-electron chi connectivity index (χ3n) is 4.74. The molecule has 2 rings (SSSR count). The summed E-state index contributed by atoms with van der Waals surface area (Å²) in [5.74, 6) is -1.86. The highest BCUT2D eigenvalue weighted by atomic mass is 35.5. The predicted octanol–water partition coefficient (Wildman–Crippen LogP) is 2.70. The SMILES string of the molecule is N#CNC(N)=NCCCC(=O)Cc1ccc(C[C@H](NC(=O)c2c(Cl)cccc2Cl)C(=O)O)cc1. The van der Waals surface area contributed by atoms with Gasteiger partial charge in [0, 0.05) is 25.8 Å². The number of aliphatic carboxylic acids is 1. The van der Waals surface area contributed by atoms with E-state index in [1.54, 1.807) is 36.5 Å². The van der Waals surface area contributed by atoms with Crippen molar-refractivity contribution in [2.75, 3.05) is 6.54 Å². The first-order valence-corrected chi connectivity index (χ1v) is 11.0. The van der Waals surface area contributed by atoms with Gasteiger partial charge in [0.05, 0.1) is 15.6 Å². The third kappa shape index (κ3) is 8.39. The second kappa shape index (κ2) is 13.2. The van der Waals surface area contributed by atoms with Gasteiger partial charge in [0.25, 0.3) is 5.91 Å². The van der Waals surface area contributed by atoms with E-state index in [4.69, 9.17) is 34.2 Å². The predicted molar refractivity (Wildman–Crippen MR) is 129 cm³/mol. The van der Waals surface area contributed by atoms with Crippen LogP contribution in [0.1, 0.15) is 34.3 Å². The molecule has 178 valence electrons. The Morgan fingerprint density at radius 3 is 2.29 bits per heavy atom. The van der Waals surface area contributed by atoms with Crippen LogP contribution in [0.15, 0.2) is 47.5 Å². The quantitative estimate of drug-likeness (QED) is 0.120. The minimum atomic E-state index is -1.20. The number of hydrogen-bond acceptors (Lipinski definition) is 5. The van der Waals surface area contributed by atoms with Crippen LogP contribution in [-0.4, -0.2) is 41.3 Å². The largest absolute Gasteiger partial charge is 0.480 e. The molecule has 0 saturated heterocycles. The first-order chi connectivity index (χ1) is 16.2. The van der Waals surface area contributed by atoms with Gasteiger partial charge < -0.3 is 16.2 Å². The summed E-state index contributed by atoms with van der Waals surface area (Å²) >= 11 is 12.1. The Morgan fingerprint density at radius 1 is 1.09 bits per heavy atom. The molecule has 0 bridgehead atoms. The van der Waals surface area contributed by atoms with Crippen LogP contribution in [0.3, 0.4) is 0 Å². The maximum atomic E-state index is 12.5. The summed E-state index contributed by atoms with van der Waals surface area (Å²) in [6.07, 6.45) is 2.72. The van der Waals surface area contributed by atoms with E-state index in [1.807, 2.05) is 0 Å². The molecule has 11 heteroatoms. The molecule has 0 heterocycles. The molecule has 0 aliphatic carbocycles. The fraction of sp³-hybridized carbons (Fsp3) is 0.261. The Hall–Kier alpha value is -3.61. The first-order valence-electron chi connectivity index (χ1n) is 10.2. The Morgan fingerprint density at radius 2 is 1.71 bits per heavy atom. The zero-order valence-corrected chi connectivity index (χ0v) is 19.6. The fourth-order valence-electron chi connectivity index (χ4n) is 3.06. The molecule has 0 saturated carbocycles. The molecule has 1 amide bonds. The number of ketones is 1. The van der Waals surface area contributed by atoms with E-state index >= 15 is 0 Å². The van der Waals surface area contributed by atoms with Crippen molar-refractivity contribution < 1.29 is 19.5 Å². The lowest BCUT2D eigenvalue weighted by Crippen LogP contribution is -2.42. The number of rotatable bonds is 11. The maximum absolute atomic E-state index is 12.5. The van der Waals surface area contributed by atoms with Crippen LogP contribution >= 0.6 is 23.2 Å². The summed E-state index contributed by atoms with van der Waals surface area (Å²) in [7, 11) is 0. The van der Waals surface area contributed by atoms with Crippen molar-refractivity contribution in [2.24, 2.45) is 10.7 Å². The van der Waals surface area contributed by atoms with Crippen LogP contribution < -0.4 is 16.4 Å². The summed E-state index contributed by atoms with van der Waals surface area (Å²) < 4.78 is 0. The van der Waals surface area contributed by atoms with E-state index in [-0.39, 0.29) is 40.2 Å². The number of Topliss-reactive ketones (excluding diaryl/α,β-unsaturated/α-hetero) is 1. The second-order valence-electron chi connectivity index (χ2n) is 7.30. The van der Waals surface area contributed by atoms with Crippen molar-refractivity contribution >= 4 is 46.8 Å². The van der Waals surface area contributed by atoms with E-state index in [9.17, 15) is 19.5 Å². The number of nitriles is 1. The molecule has 34 heavy (non-hydrogen) atoms. The van der Waals surface area contributed by atoms with Gasteiger partial charge in [0.1, 0.15) is 11.8 Å². The Balaban J connectivity index is 1.92. The Labute approximate surface area is 206 Å². The van der Waals surface area contributed by atoms with Gasteiger partial charge in [-0.3, -0.25) is 19.9 Å². The van der Waals surface area contributed by atoms with Gasteiger partial charge in [-0.15, -0.1) is 0 Å². The number of halogens is 2. The average Bonchev–Trinajstić information content (AvgIpc) is 2.77. The molecule has 5 N–H and O–H groups in total. The number of guanidine groups is 1. The van der Waals surface area contributed by atoms with Gasteiger partial charge in [-0.1, -0.05) is 53.5 Å². The summed E-state index contributed by atoms with van der Waals surface area (Å²) in [6.45, 7) is 0.326. The van der Waals surface area contributed by atoms with Crippen molar-refractivity contribution in [2.45, 2.75) is 31.7 Å². The molecule has 0 aliphatic heterocycles. The molecular weight excluding hydrogens is 481 g/mol. The van der Waals surface area contributed by atoms with Gasteiger partial charge >= 0.3 is 5.97 Å². The number of nitrogens with two attached hydrogens (primary N) is 1. The van der Waals surface area contributed by atoms with Crippen LogP contribution in [0.5, 0.6) is 0 Å². The smallest absolute Gasteiger partial charge is 0.326 e. The second-order valence-corrected chi connectivity index (χ2v) is 8.12. The number of carbonyl (C=O) groups excluding carboxylic acids is 2. The summed E-state index contributed by atoms with van der Waals surface area (Å²) in [5, 5.41) is 22.9. The Bertz CT molecular complexity index is 1090. The Kier molecular flexibility index (Phi) is 10.3. The normalized spacial score (nSPS) is 11.9. The highest BCUT2D eigenvalue weighted by Crippen LogP contribution is 2.24. The van der Waals surface area contributed by atoms with E-state index in [2.05, 4.69) is 15.6 Å². The van der Waals surface area contributed by atoms with Crippen molar-refractivity contribution in [3.8, 4) is 6.19 Å². The highest BCUT2D eigenvalue weighted by molar-refractivity contribution is 6.39. The highest BCUT2D eigenvalue weighted by Gasteiger charge is 2.23. The molecule has 0 unspecified atom stereocenters. The number of nitrogens with zero attached hydrogens (tertiary/aromatic N) is 2. The average molecular weight is 504 g/mol. The van der Waals surface area contributed by atoms with E-state index in [0.717, 1.165) is 5.56 Å². The van der Waals surface area contributed by atoms with Crippen molar-refractivity contribution in [1.82, 2.24) is 10.6 Å². The molecular formula is C23H23Cl2N5O4. The number of aliphatic imine (C=N–C) groups is 1. The fourth-order valence-corrected chi connectivity index (χ4v) is 3.63. The van der Waals surface area contributed by atoms with Crippen LogP contribution in [0.2, 0.25) is 10.0 Å². The zero-order valence-electron chi connectivity index (χ0n) is 18.1. The lowest BCUT2D eigenvalue weighted by Gasteiger charge is -2.16. The number of carbonyl (C=O) groups is 3. The minimum absolute atomic E-state index is 0.0105. The van der Waals surface area contributed by atoms with Gasteiger partial charge in [-0.05, 0) is 29.7 Å². The monoisotopic (exact) mass is 503 g/mol. The third-order valence-corrected chi connectivity index (χ3v) is 5.37. The van der Waals surface area contributed by atoms with E-state index in [1.165, 1.54) is 12.1 Å². The molecule has 9 nitrogen and oxygen atoms in total. The van der Waals surface area contributed by atoms with Gasteiger partial charge in [-0.2, -0.15) is 5.26 Å². The first kappa shape index (κ1) is 26.6. The number of carboxylic acids is 1. The molecule has 2 aromatic carbocycles. The van der Waals surface area contributed by atoms with Crippen LogP contribution in [0.25, 0.3) is 0 Å². The summed E-state index contributed by atoms with van der Waals surface area (Å²) in [4.78, 5) is 40.3. The molecule has 1 atom stereocenters. The topological polar surface area (TPSA) is 158 Å². The summed E-state index contributed by atoms with van der Waals surface area (Å²) in [5.41, 5.74) is 6.89. The molecule has 0 fully saturated rings.